The number of likely N-dealkylation sites (tertiary alicyclic amines) is 1. The normalized spacial score (nSPS) is 24.7. The number of benzene rings is 1. The van der Waals surface area contributed by atoms with Crippen LogP contribution in [0.1, 0.15) is 42.7 Å². The van der Waals surface area contributed by atoms with Gasteiger partial charge in [-0.05, 0) is 49.8 Å². The molecule has 1 unspecified atom stereocenters. The van der Waals surface area contributed by atoms with Crippen LogP contribution in [0.15, 0.2) is 18.2 Å². The van der Waals surface area contributed by atoms with Crippen LogP contribution in [-0.2, 0) is 9.53 Å². The number of rotatable bonds is 5. The molecule has 2 aliphatic rings. The van der Waals surface area contributed by atoms with Crippen LogP contribution in [0.25, 0.3) is 0 Å². The van der Waals surface area contributed by atoms with E-state index in [2.05, 4.69) is 5.32 Å². The summed E-state index contributed by atoms with van der Waals surface area (Å²) in [4.78, 5) is 15.3. The van der Waals surface area contributed by atoms with E-state index in [1.54, 1.807) is 13.2 Å². The second-order valence-electron chi connectivity index (χ2n) is 7.46. The van der Waals surface area contributed by atoms with Crippen LogP contribution in [0.2, 0.25) is 0 Å². The minimum absolute atomic E-state index is 0.0449. The highest BCUT2D eigenvalue weighted by Crippen LogP contribution is 2.41. The molecule has 0 spiro atoms. The molecule has 1 N–H and O–H groups in total. The predicted octanol–water partition coefficient (Wildman–Crippen LogP) is 3.06. The van der Waals surface area contributed by atoms with E-state index < -0.39 is 0 Å². The fourth-order valence-electron chi connectivity index (χ4n) is 4.35. The largest absolute Gasteiger partial charge is 0.385 e. The van der Waals surface area contributed by atoms with Crippen LogP contribution < -0.4 is 5.32 Å². The van der Waals surface area contributed by atoms with E-state index in [1.807, 2.05) is 17.9 Å². The Kier molecular flexibility index (Phi) is 6.65. The lowest BCUT2D eigenvalue weighted by Crippen LogP contribution is -2.50. The molecule has 2 aliphatic heterocycles. The molecule has 143 valence electrons. The van der Waals surface area contributed by atoms with Crippen molar-refractivity contribution >= 4 is 5.91 Å². The Labute approximate surface area is 156 Å². The molecule has 1 aromatic carbocycles. The van der Waals surface area contributed by atoms with Gasteiger partial charge in [-0.25, -0.2) is 4.39 Å². The molecule has 0 saturated carbocycles. The number of hydrogen-bond donors (Lipinski definition) is 1. The molecule has 4 nitrogen and oxygen atoms in total. The summed E-state index contributed by atoms with van der Waals surface area (Å²) in [6.07, 6.45) is 4.14. The number of carbonyl (C=O) groups excluding carboxylic acids is 1. The summed E-state index contributed by atoms with van der Waals surface area (Å²) in [5.41, 5.74) is 1.61. The van der Waals surface area contributed by atoms with Crippen LogP contribution in [-0.4, -0.2) is 50.7 Å². The first kappa shape index (κ1) is 19.3. The van der Waals surface area contributed by atoms with Gasteiger partial charge in [0.05, 0.1) is 5.92 Å². The second-order valence-corrected chi connectivity index (χ2v) is 7.46. The number of hydrogen-bond acceptors (Lipinski definition) is 3. The predicted molar refractivity (Wildman–Crippen MR) is 100 cm³/mol. The Bertz CT molecular complexity index is 616. The van der Waals surface area contributed by atoms with Crippen LogP contribution in [0.5, 0.6) is 0 Å². The zero-order chi connectivity index (χ0) is 18.5. The van der Waals surface area contributed by atoms with Gasteiger partial charge in [0, 0.05) is 51.7 Å². The van der Waals surface area contributed by atoms with Gasteiger partial charge in [-0.3, -0.25) is 4.79 Å². The Morgan fingerprint density at radius 1 is 1.31 bits per heavy atom. The topological polar surface area (TPSA) is 41.6 Å². The summed E-state index contributed by atoms with van der Waals surface area (Å²) in [6, 6.07) is 5.24. The second kappa shape index (κ2) is 8.96. The fraction of sp³-hybridized carbons (Fsp3) is 0.619. The van der Waals surface area contributed by atoms with E-state index in [9.17, 15) is 9.18 Å². The number of carbonyl (C=O) groups is 1. The number of halogens is 1. The molecule has 3 rings (SSSR count). The van der Waals surface area contributed by atoms with E-state index in [-0.39, 0.29) is 23.6 Å². The van der Waals surface area contributed by atoms with Gasteiger partial charge in [0.25, 0.3) is 0 Å². The molecule has 1 amide bonds. The Balaban J connectivity index is 1.91. The van der Waals surface area contributed by atoms with E-state index in [0.717, 1.165) is 44.5 Å². The van der Waals surface area contributed by atoms with Gasteiger partial charge in [-0.2, -0.15) is 0 Å². The zero-order valence-corrected chi connectivity index (χ0v) is 15.9. The van der Waals surface area contributed by atoms with Crippen LogP contribution >= 0.6 is 0 Å². The Morgan fingerprint density at radius 3 is 2.81 bits per heavy atom. The number of ether oxygens (including phenoxy) is 1. The SMILES string of the molecule is COCC[C]1CNC[C@@H](C(=O)N2CCCCC2)C1c1cccc(F)c1C. The summed E-state index contributed by atoms with van der Waals surface area (Å²) in [5.74, 6) is 1.03. The first-order chi connectivity index (χ1) is 12.6. The van der Waals surface area contributed by atoms with E-state index in [1.165, 1.54) is 18.4 Å². The maximum Gasteiger partial charge on any atom is 0.227 e. The van der Waals surface area contributed by atoms with Crippen LogP contribution in [0, 0.1) is 24.6 Å². The lowest BCUT2D eigenvalue weighted by molar-refractivity contribution is -0.137. The third kappa shape index (κ3) is 4.09. The fourth-order valence-corrected chi connectivity index (χ4v) is 4.35. The quantitative estimate of drug-likeness (QED) is 0.876. The number of nitrogens with one attached hydrogen (secondary N) is 1. The van der Waals surface area contributed by atoms with Gasteiger partial charge >= 0.3 is 0 Å². The molecule has 1 aromatic rings. The minimum Gasteiger partial charge on any atom is -0.385 e. The van der Waals surface area contributed by atoms with E-state index >= 15 is 0 Å². The highest BCUT2D eigenvalue weighted by atomic mass is 19.1. The first-order valence-corrected chi connectivity index (χ1v) is 9.71. The van der Waals surface area contributed by atoms with Crippen LogP contribution in [0.4, 0.5) is 4.39 Å². The lowest BCUT2D eigenvalue weighted by Gasteiger charge is -2.41. The van der Waals surface area contributed by atoms with Crippen molar-refractivity contribution in [3.8, 4) is 0 Å². The number of methoxy groups -OCH3 is 1. The van der Waals surface area contributed by atoms with Gasteiger partial charge in [0.2, 0.25) is 5.91 Å². The average Bonchev–Trinajstić information content (AvgIpc) is 2.68. The molecule has 0 aromatic heterocycles. The Hall–Kier alpha value is -1.46. The highest BCUT2D eigenvalue weighted by Gasteiger charge is 2.41. The summed E-state index contributed by atoms with van der Waals surface area (Å²) in [7, 11) is 1.69. The van der Waals surface area contributed by atoms with Gasteiger partial charge in [-0.15, -0.1) is 0 Å². The molecule has 1 radical (unpaired) electrons. The highest BCUT2D eigenvalue weighted by molar-refractivity contribution is 5.81. The zero-order valence-electron chi connectivity index (χ0n) is 15.9. The Morgan fingerprint density at radius 2 is 2.08 bits per heavy atom. The van der Waals surface area contributed by atoms with Gasteiger partial charge in [0.15, 0.2) is 0 Å². The third-order valence-electron chi connectivity index (χ3n) is 5.82. The molecule has 0 bridgehead atoms. The molecular weight excluding hydrogens is 331 g/mol. The first-order valence-electron chi connectivity index (χ1n) is 9.71. The van der Waals surface area contributed by atoms with Gasteiger partial charge in [0.1, 0.15) is 5.82 Å². The van der Waals surface area contributed by atoms with Gasteiger partial charge < -0.3 is 15.0 Å². The van der Waals surface area contributed by atoms with Crippen molar-refractivity contribution in [1.29, 1.82) is 0 Å². The van der Waals surface area contributed by atoms with Crippen molar-refractivity contribution in [2.24, 2.45) is 5.92 Å². The average molecular weight is 361 g/mol. The molecular formula is C21H30FN2O2. The van der Waals surface area contributed by atoms with E-state index in [4.69, 9.17) is 4.74 Å². The number of nitrogens with zero attached hydrogens (tertiary/aromatic N) is 1. The van der Waals surface area contributed by atoms with Crippen molar-refractivity contribution < 1.29 is 13.9 Å². The molecule has 2 atom stereocenters. The summed E-state index contributed by atoms with van der Waals surface area (Å²) in [5, 5.41) is 3.41. The van der Waals surface area contributed by atoms with Crippen molar-refractivity contribution in [3.63, 3.8) is 0 Å². The summed E-state index contributed by atoms with van der Waals surface area (Å²) in [6.45, 7) is 5.53. The summed E-state index contributed by atoms with van der Waals surface area (Å²) < 4.78 is 19.5. The molecule has 5 heteroatoms. The molecule has 0 aliphatic carbocycles. The number of piperidine rings is 2. The van der Waals surface area contributed by atoms with Crippen molar-refractivity contribution in [1.82, 2.24) is 10.2 Å². The van der Waals surface area contributed by atoms with Crippen LogP contribution in [0.3, 0.4) is 0 Å². The minimum atomic E-state index is -0.198. The standard InChI is InChI=1S/C21H30FN2O2/c1-15-17(7-6-8-19(15)22)20-16(9-12-26-2)13-23-14-18(20)21(25)24-10-4-3-5-11-24/h6-8,18,20,23H,3-5,9-14H2,1-2H3/t18-,20?/m1/s1. The molecule has 26 heavy (non-hydrogen) atoms. The lowest BCUT2D eigenvalue weighted by atomic mass is 9.71. The maximum absolute atomic E-state index is 14.3. The summed E-state index contributed by atoms with van der Waals surface area (Å²) >= 11 is 0. The molecule has 2 heterocycles. The van der Waals surface area contributed by atoms with Crippen molar-refractivity contribution in [2.75, 3.05) is 39.9 Å². The molecule has 2 saturated heterocycles. The van der Waals surface area contributed by atoms with Crippen molar-refractivity contribution in [2.45, 2.75) is 38.5 Å². The smallest absolute Gasteiger partial charge is 0.227 e. The van der Waals surface area contributed by atoms with Crippen molar-refractivity contribution in [3.05, 3.63) is 41.1 Å². The monoisotopic (exact) mass is 361 g/mol. The molecule has 2 fully saturated rings. The van der Waals surface area contributed by atoms with E-state index in [0.29, 0.717) is 18.7 Å². The maximum atomic E-state index is 14.3. The third-order valence-corrected chi connectivity index (χ3v) is 5.82. The van der Waals surface area contributed by atoms with Gasteiger partial charge in [-0.1, -0.05) is 12.1 Å². The number of amides is 1.